The average molecular weight is 366 g/mol. The molecule has 146 valence electrons. The molecule has 0 aliphatic carbocycles. The standard InChI is InChI=1S/C18H39N3O2.ClH/c1-3-4-5-6-7-8-9-10-11-12-13-19-14-15-20-17(2)21-16-18(22)23;/h17,19-21H,3-16H2,1-2H3,(H,22,23);1H. The molecule has 0 saturated heterocycles. The van der Waals surface area contributed by atoms with Gasteiger partial charge in [-0.2, -0.15) is 0 Å². The third-order valence-electron chi connectivity index (χ3n) is 4.02. The zero-order valence-electron chi connectivity index (χ0n) is 15.7. The molecule has 5 nitrogen and oxygen atoms in total. The molecule has 1 atom stereocenters. The van der Waals surface area contributed by atoms with E-state index >= 15 is 0 Å². The lowest BCUT2D eigenvalue weighted by molar-refractivity contribution is -0.136. The van der Waals surface area contributed by atoms with Crippen LogP contribution < -0.4 is 16.0 Å². The summed E-state index contributed by atoms with van der Waals surface area (Å²) in [4.78, 5) is 10.4. The third-order valence-corrected chi connectivity index (χ3v) is 4.02. The molecule has 1 unspecified atom stereocenters. The molecule has 0 amide bonds. The van der Waals surface area contributed by atoms with Gasteiger partial charge in [0.25, 0.3) is 0 Å². The molecule has 0 spiro atoms. The lowest BCUT2D eigenvalue weighted by atomic mass is 10.1. The fourth-order valence-corrected chi connectivity index (χ4v) is 2.55. The summed E-state index contributed by atoms with van der Waals surface area (Å²) in [7, 11) is 0. The summed E-state index contributed by atoms with van der Waals surface area (Å²) in [6.07, 6.45) is 13.8. The van der Waals surface area contributed by atoms with Crippen LogP contribution in [0.1, 0.15) is 78.1 Å². The minimum Gasteiger partial charge on any atom is -0.480 e. The Kier molecular flexibility index (Phi) is 22.3. The monoisotopic (exact) mass is 365 g/mol. The first-order valence-corrected chi connectivity index (χ1v) is 9.56. The van der Waals surface area contributed by atoms with Crippen molar-refractivity contribution in [3.05, 3.63) is 0 Å². The summed E-state index contributed by atoms with van der Waals surface area (Å²) in [6.45, 7) is 7.06. The number of carboxylic acids is 1. The second-order valence-corrected chi connectivity index (χ2v) is 6.38. The molecule has 0 aromatic rings. The largest absolute Gasteiger partial charge is 0.480 e. The molecule has 0 fully saturated rings. The Morgan fingerprint density at radius 1 is 0.833 bits per heavy atom. The third kappa shape index (κ3) is 21.6. The van der Waals surface area contributed by atoms with E-state index in [0.29, 0.717) is 0 Å². The van der Waals surface area contributed by atoms with E-state index in [0.717, 1.165) is 19.6 Å². The molecule has 0 saturated carbocycles. The number of carboxylic acid groups (broad SMARTS) is 1. The van der Waals surface area contributed by atoms with Gasteiger partial charge in [-0.3, -0.25) is 10.1 Å². The number of hydrogen-bond donors (Lipinski definition) is 4. The quantitative estimate of drug-likeness (QED) is 0.221. The summed E-state index contributed by atoms with van der Waals surface area (Å²) in [5, 5.41) is 18.1. The van der Waals surface area contributed by atoms with Gasteiger partial charge < -0.3 is 15.7 Å². The Hall–Kier alpha value is -0.360. The maximum atomic E-state index is 10.4. The lowest BCUT2D eigenvalue weighted by Gasteiger charge is -2.14. The van der Waals surface area contributed by atoms with Gasteiger partial charge in [-0.15, -0.1) is 12.4 Å². The Labute approximate surface area is 155 Å². The van der Waals surface area contributed by atoms with Gasteiger partial charge in [0.15, 0.2) is 0 Å². The Balaban J connectivity index is 0. The molecular weight excluding hydrogens is 326 g/mol. The van der Waals surface area contributed by atoms with Crippen LogP contribution in [-0.2, 0) is 4.79 Å². The van der Waals surface area contributed by atoms with E-state index in [2.05, 4.69) is 22.9 Å². The minimum absolute atomic E-state index is 0. The first-order valence-electron chi connectivity index (χ1n) is 9.56. The number of carbonyl (C=O) groups is 1. The molecule has 6 heteroatoms. The number of unbranched alkanes of at least 4 members (excludes halogenated alkanes) is 9. The van der Waals surface area contributed by atoms with Crippen molar-refractivity contribution in [2.24, 2.45) is 0 Å². The van der Waals surface area contributed by atoms with Crippen molar-refractivity contribution in [3.8, 4) is 0 Å². The van der Waals surface area contributed by atoms with Crippen LogP contribution in [0.4, 0.5) is 0 Å². The van der Waals surface area contributed by atoms with Crippen molar-refractivity contribution < 1.29 is 9.90 Å². The Morgan fingerprint density at radius 3 is 1.92 bits per heavy atom. The summed E-state index contributed by atoms with van der Waals surface area (Å²) in [6, 6.07) is 0. The zero-order chi connectivity index (χ0) is 17.2. The highest BCUT2D eigenvalue weighted by Crippen LogP contribution is 2.10. The van der Waals surface area contributed by atoms with Crippen molar-refractivity contribution in [1.82, 2.24) is 16.0 Å². The van der Waals surface area contributed by atoms with Gasteiger partial charge in [-0.05, 0) is 19.9 Å². The summed E-state index contributed by atoms with van der Waals surface area (Å²) < 4.78 is 0. The smallest absolute Gasteiger partial charge is 0.317 e. The average Bonchev–Trinajstić information content (AvgIpc) is 2.53. The lowest BCUT2D eigenvalue weighted by Crippen LogP contribution is -2.44. The molecule has 0 aliphatic heterocycles. The van der Waals surface area contributed by atoms with Crippen LogP contribution in [0.15, 0.2) is 0 Å². The predicted molar refractivity (Wildman–Crippen MR) is 105 cm³/mol. The van der Waals surface area contributed by atoms with Gasteiger partial charge in [-0.25, -0.2) is 0 Å². The molecule has 0 aromatic heterocycles. The topological polar surface area (TPSA) is 73.4 Å². The van der Waals surface area contributed by atoms with Crippen LogP contribution in [0.25, 0.3) is 0 Å². The number of rotatable bonds is 18. The summed E-state index contributed by atoms with van der Waals surface area (Å²) in [5.74, 6) is -0.822. The predicted octanol–water partition coefficient (Wildman–Crippen LogP) is 3.53. The van der Waals surface area contributed by atoms with E-state index in [4.69, 9.17) is 5.11 Å². The highest BCUT2D eigenvalue weighted by Gasteiger charge is 2.01. The van der Waals surface area contributed by atoms with Gasteiger partial charge in [-0.1, -0.05) is 64.7 Å². The van der Waals surface area contributed by atoms with E-state index in [-0.39, 0.29) is 25.1 Å². The van der Waals surface area contributed by atoms with Crippen LogP contribution in [0, 0.1) is 0 Å². The maximum Gasteiger partial charge on any atom is 0.317 e. The van der Waals surface area contributed by atoms with Gasteiger partial charge >= 0.3 is 5.97 Å². The van der Waals surface area contributed by atoms with Crippen LogP contribution in [-0.4, -0.2) is 43.4 Å². The zero-order valence-corrected chi connectivity index (χ0v) is 16.6. The molecule has 0 radical (unpaired) electrons. The van der Waals surface area contributed by atoms with Crippen LogP contribution in [0.3, 0.4) is 0 Å². The number of halogens is 1. The summed E-state index contributed by atoms with van der Waals surface area (Å²) in [5.41, 5.74) is 0. The SMILES string of the molecule is CCCCCCCCCCCCNCCNC(C)NCC(=O)O.Cl. The van der Waals surface area contributed by atoms with Gasteiger partial charge in [0.1, 0.15) is 0 Å². The second-order valence-electron chi connectivity index (χ2n) is 6.38. The van der Waals surface area contributed by atoms with Gasteiger partial charge in [0, 0.05) is 13.1 Å². The maximum absolute atomic E-state index is 10.4. The molecule has 0 aliphatic rings. The fraction of sp³-hybridized carbons (Fsp3) is 0.944. The van der Waals surface area contributed by atoms with Crippen molar-refractivity contribution in [1.29, 1.82) is 0 Å². The molecule has 0 rings (SSSR count). The number of hydrogen-bond acceptors (Lipinski definition) is 4. The van der Waals surface area contributed by atoms with Crippen molar-refractivity contribution in [3.63, 3.8) is 0 Å². The van der Waals surface area contributed by atoms with Crippen molar-refractivity contribution >= 4 is 18.4 Å². The number of nitrogens with one attached hydrogen (secondary N) is 3. The van der Waals surface area contributed by atoms with Crippen LogP contribution in [0.5, 0.6) is 0 Å². The van der Waals surface area contributed by atoms with Gasteiger partial charge in [0.2, 0.25) is 0 Å². The Morgan fingerprint density at radius 2 is 1.38 bits per heavy atom. The number of aliphatic carboxylic acids is 1. The van der Waals surface area contributed by atoms with E-state index < -0.39 is 5.97 Å². The first-order chi connectivity index (χ1) is 11.2. The first kappa shape index (κ1) is 25.9. The molecule has 0 aromatic carbocycles. The van der Waals surface area contributed by atoms with E-state index in [1.54, 1.807) is 0 Å². The molecule has 0 heterocycles. The second kappa shape index (κ2) is 20.7. The molecule has 24 heavy (non-hydrogen) atoms. The minimum atomic E-state index is -0.822. The van der Waals surface area contributed by atoms with E-state index in [1.807, 2.05) is 6.92 Å². The highest BCUT2D eigenvalue weighted by molar-refractivity contribution is 5.85. The highest BCUT2D eigenvalue weighted by atomic mass is 35.5. The van der Waals surface area contributed by atoms with Crippen LogP contribution in [0.2, 0.25) is 0 Å². The summed E-state index contributed by atoms with van der Waals surface area (Å²) >= 11 is 0. The van der Waals surface area contributed by atoms with E-state index in [9.17, 15) is 4.79 Å². The van der Waals surface area contributed by atoms with Crippen molar-refractivity contribution in [2.75, 3.05) is 26.2 Å². The Bertz CT molecular complexity index is 269. The van der Waals surface area contributed by atoms with Crippen LogP contribution >= 0.6 is 12.4 Å². The van der Waals surface area contributed by atoms with Gasteiger partial charge in [0.05, 0.1) is 12.7 Å². The molecule has 0 bridgehead atoms. The fourth-order valence-electron chi connectivity index (χ4n) is 2.55. The molecule has 4 N–H and O–H groups in total. The van der Waals surface area contributed by atoms with E-state index in [1.165, 1.54) is 64.2 Å². The normalized spacial score (nSPS) is 11.9. The van der Waals surface area contributed by atoms with Crippen molar-refractivity contribution in [2.45, 2.75) is 84.2 Å². The molecular formula is C18H40ClN3O2.